The van der Waals surface area contributed by atoms with Crippen LogP contribution in [0.15, 0.2) is 48.5 Å². The molecule has 0 aliphatic heterocycles. The Morgan fingerprint density at radius 1 is 1.09 bits per heavy atom. The van der Waals surface area contributed by atoms with Crippen molar-refractivity contribution in [3.63, 3.8) is 0 Å². The number of likely N-dealkylation sites (N-methyl/N-ethyl adjacent to an activating group) is 1. The zero-order valence-corrected chi connectivity index (χ0v) is 11.9. The third kappa shape index (κ3) is 3.54. The van der Waals surface area contributed by atoms with E-state index in [1.165, 1.54) is 17.0 Å². The van der Waals surface area contributed by atoms with Crippen molar-refractivity contribution in [3.8, 4) is 11.5 Å². The molecule has 0 bridgehead atoms. The van der Waals surface area contributed by atoms with Crippen molar-refractivity contribution in [2.24, 2.45) is 0 Å². The maximum absolute atomic E-state index is 12.0. The number of para-hydroxylation sites is 1. The first-order valence-corrected chi connectivity index (χ1v) is 6.49. The summed E-state index contributed by atoms with van der Waals surface area (Å²) >= 11 is 0. The quantitative estimate of drug-likeness (QED) is 0.842. The summed E-state index contributed by atoms with van der Waals surface area (Å²) in [5, 5.41) is 18.7. The molecule has 0 aliphatic carbocycles. The molecule has 0 aromatic heterocycles. The Labute approximate surface area is 127 Å². The normalized spacial score (nSPS) is 10.0. The molecule has 0 heterocycles. The Morgan fingerprint density at radius 3 is 2.41 bits per heavy atom. The zero-order chi connectivity index (χ0) is 16.1. The van der Waals surface area contributed by atoms with Gasteiger partial charge in [0.2, 0.25) is 0 Å². The first kappa shape index (κ1) is 15.4. The highest BCUT2D eigenvalue weighted by atomic mass is 16.5. The fourth-order valence-electron chi connectivity index (χ4n) is 1.79. The number of amides is 1. The molecule has 2 aromatic rings. The van der Waals surface area contributed by atoms with E-state index in [2.05, 4.69) is 0 Å². The number of hydrogen-bond acceptors (Lipinski definition) is 5. The molecule has 0 saturated carbocycles. The summed E-state index contributed by atoms with van der Waals surface area (Å²) in [5.74, 6) is -1.83. The van der Waals surface area contributed by atoms with Gasteiger partial charge in [0.25, 0.3) is 5.91 Å². The molecule has 0 spiro atoms. The van der Waals surface area contributed by atoms with Crippen LogP contribution in [0.1, 0.15) is 10.4 Å². The van der Waals surface area contributed by atoms with Gasteiger partial charge in [-0.25, -0.2) is 4.79 Å². The molecule has 2 rings (SSSR count). The fourth-order valence-corrected chi connectivity index (χ4v) is 1.79. The van der Waals surface area contributed by atoms with E-state index in [0.717, 1.165) is 6.07 Å². The van der Waals surface area contributed by atoms with Crippen LogP contribution in [0.5, 0.6) is 11.5 Å². The van der Waals surface area contributed by atoms with Crippen LogP contribution in [-0.2, 0) is 9.53 Å². The third-order valence-electron chi connectivity index (χ3n) is 3.05. The third-order valence-corrected chi connectivity index (χ3v) is 3.05. The largest absolute Gasteiger partial charge is 0.508 e. The standard InChI is InChI=1S/C16H15NO5/c1-17(11-5-3-2-4-6-11)15(20)10-22-16(21)13-8-7-12(18)9-14(13)19/h2-9,18-19H,10H2,1H3. The number of phenolic OH excluding ortho intramolecular Hbond substituents is 2. The van der Waals surface area contributed by atoms with Crippen molar-refractivity contribution in [2.75, 3.05) is 18.6 Å². The second-order valence-corrected chi connectivity index (χ2v) is 4.57. The summed E-state index contributed by atoms with van der Waals surface area (Å²) in [7, 11) is 1.57. The molecule has 1 amide bonds. The lowest BCUT2D eigenvalue weighted by molar-refractivity contribution is -0.121. The average molecular weight is 301 g/mol. The summed E-state index contributed by atoms with van der Waals surface area (Å²) in [5.41, 5.74) is 0.559. The number of nitrogens with zero attached hydrogens (tertiary/aromatic N) is 1. The number of esters is 1. The molecule has 0 unspecified atom stereocenters. The van der Waals surface area contributed by atoms with E-state index >= 15 is 0 Å². The van der Waals surface area contributed by atoms with Crippen molar-refractivity contribution < 1.29 is 24.5 Å². The van der Waals surface area contributed by atoms with Gasteiger partial charge in [-0.15, -0.1) is 0 Å². The number of carbonyl (C=O) groups excluding carboxylic acids is 2. The minimum absolute atomic E-state index is 0.118. The van der Waals surface area contributed by atoms with Gasteiger partial charge in [0.05, 0.1) is 0 Å². The lowest BCUT2D eigenvalue weighted by atomic mass is 10.2. The minimum atomic E-state index is -0.840. The van der Waals surface area contributed by atoms with Gasteiger partial charge in [-0.05, 0) is 24.3 Å². The lowest BCUT2D eigenvalue weighted by Gasteiger charge is -2.17. The fraction of sp³-hybridized carbons (Fsp3) is 0.125. The van der Waals surface area contributed by atoms with Crippen LogP contribution < -0.4 is 4.90 Å². The minimum Gasteiger partial charge on any atom is -0.508 e. The molecule has 114 valence electrons. The summed E-state index contributed by atoms with van der Waals surface area (Å²) < 4.78 is 4.88. The Hall–Kier alpha value is -3.02. The van der Waals surface area contributed by atoms with E-state index in [0.29, 0.717) is 5.69 Å². The van der Waals surface area contributed by atoms with Gasteiger partial charge in [-0.1, -0.05) is 18.2 Å². The van der Waals surface area contributed by atoms with Crippen LogP contribution in [0, 0.1) is 0 Å². The highest BCUT2D eigenvalue weighted by Crippen LogP contribution is 2.23. The topological polar surface area (TPSA) is 87.1 Å². The summed E-state index contributed by atoms with van der Waals surface area (Å²) in [6, 6.07) is 12.4. The van der Waals surface area contributed by atoms with Crippen LogP contribution in [0.3, 0.4) is 0 Å². The van der Waals surface area contributed by atoms with E-state index in [9.17, 15) is 14.7 Å². The van der Waals surface area contributed by atoms with E-state index in [1.54, 1.807) is 31.3 Å². The zero-order valence-electron chi connectivity index (χ0n) is 11.9. The maximum atomic E-state index is 12.0. The molecule has 22 heavy (non-hydrogen) atoms. The second-order valence-electron chi connectivity index (χ2n) is 4.57. The number of rotatable bonds is 4. The summed E-state index contributed by atoms with van der Waals surface area (Å²) in [4.78, 5) is 25.1. The molecule has 0 aliphatic rings. The van der Waals surface area contributed by atoms with E-state index in [1.807, 2.05) is 6.07 Å². The molecule has 2 aromatic carbocycles. The monoisotopic (exact) mass is 301 g/mol. The number of benzene rings is 2. The number of ether oxygens (including phenoxy) is 1. The smallest absolute Gasteiger partial charge is 0.342 e. The number of hydrogen-bond donors (Lipinski definition) is 2. The Kier molecular flexibility index (Phi) is 4.63. The van der Waals surface area contributed by atoms with Gasteiger partial charge in [0, 0.05) is 18.8 Å². The Balaban J connectivity index is 1.97. The van der Waals surface area contributed by atoms with E-state index in [4.69, 9.17) is 9.84 Å². The highest BCUT2D eigenvalue weighted by Gasteiger charge is 2.17. The van der Waals surface area contributed by atoms with Crippen molar-refractivity contribution in [1.29, 1.82) is 0 Å². The summed E-state index contributed by atoms with van der Waals surface area (Å²) in [6.45, 7) is -0.454. The number of anilines is 1. The molecule has 6 heteroatoms. The van der Waals surface area contributed by atoms with Crippen LogP contribution in [0.4, 0.5) is 5.69 Å². The van der Waals surface area contributed by atoms with Crippen LogP contribution in [0.2, 0.25) is 0 Å². The van der Waals surface area contributed by atoms with Crippen LogP contribution in [0.25, 0.3) is 0 Å². The van der Waals surface area contributed by atoms with Crippen molar-refractivity contribution >= 4 is 17.6 Å². The van der Waals surface area contributed by atoms with Gasteiger partial charge in [-0.3, -0.25) is 4.79 Å². The molecule has 0 radical (unpaired) electrons. The molecule has 0 saturated heterocycles. The number of phenols is 2. The molecule has 2 N–H and O–H groups in total. The van der Waals surface area contributed by atoms with Crippen LogP contribution in [-0.4, -0.2) is 35.7 Å². The van der Waals surface area contributed by atoms with Crippen molar-refractivity contribution in [1.82, 2.24) is 0 Å². The predicted molar refractivity (Wildman–Crippen MR) is 79.9 cm³/mol. The predicted octanol–water partition coefficient (Wildman–Crippen LogP) is 1.92. The lowest BCUT2D eigenvalue weighted by Crippen LogP contribution is -2.31. The molecule has 0 fully saturated rings. The van der Waals surface area contributed by atoms with Crippen molar-refractivity contribution in [2.45, 2.75) is 0 Å². The maximum Gasteiger partial charge on any atom is 0.342 e. The van der Waals surface area contributed by atoms with E-state index in [-0.39, 0.29) is 11.3 Å². The molecule has 6 nitrogen and oxygen atoms in total. The first-order chi connectivity index (χ1) is 10.5. The van der Waals surface area contributed by atoms with Gasteiger partial charge in [-0.2, -0.15) is 0 Å². The molecular formula is C16H15NO5. The van der Waals surface area contributed by atoms with Gasteiger partial charge in [0.15, 0.2) is 6.61 Å². The van der Waals surface area contributed by atoms with Gasteiger partial charge in [0.1, 0.15) is 17.1 Å². The van der Waals surface area contributed by atoms with Crippen molar-refractivity contribution in [3.05, 3.63) is 54.1 Å². The first-order valence-electron chi connectivity index (χ1n) is 6.49. The Morgan fingerprint density at radius 2 is 1.77 bits per heavy atom. The van der Waals surface area contributed by atoms with Gasteiger partial charge >= 0.3 is 5.97 Å². The van der Waals surface area contributed by atoms with E-state index < -0.39 is 24.2 Å². The Bertz CT molecular complexity index is 684. The second kappa shape index (κ2) is 6.62. The summed E-state index contributed by atoms with van der Waals surface area (Å²) in [6.07, 6.45) is 0. The average Bonchev–Trinajstić information content (AvgIpc) is 2.52. The highest BCUT2D eigenvalue weighted by molar-refractivity contribution is 5.97. The van der Waals surface area contributed by atoms with Gasteiger partial charge < -0.3 is 19.8 Å². The number of carbonyl (C=O) groups is 2. The van der Waals surface area contributed by atoms with Crippen LogP contribution >= 0.6 is 0 Å². The molecule has 0 atom stereocenters. The SMILES string of the molecule is CN(C(=O)COC(=O)c1ccc(O)cc1O)c1ccccc1. The number of aromatic hydroxyl groups is 2. The molecular weight excluding hydrogens is 286 g/mol.